The van der Waals surface area contributed by atoms with Crippen LogP contribution >= 0.6 is 11.6 Å². The number of hydrogen-bond acceptors (Lipinski definition) is 5. The van der Waals surface area contributed by atoms with Crippen molar-refractivity contribution in [3.05, 3.63) is 68.2 Å². The molecule has 0 aliphatic carbocycles. The second-order valence-electron chi connectivity index (χ2n) is 5.93. The van der Waals surface area contributed by atoms with Gasteiger partial charge in [0.15, 0.2) is 0 Å². The third kappa shape index (κ3) is 3.90. The summed E-state index contributed by atoms with van der Waals surface area (Å²) in [7, 11) is 0. The quantitative estimate of drug-likeness (QED) is 0.654. The van der Waals surface area contributed by atoms with Gasteiger partial charge in [0, 0.05) is 43.0 Å². The van der Waals surface area contributed by atoms with Gasteiger partial charge in [-0.2, -0.15) is 5.26 Å². The Balaban J connectivity index is 1.57. The van der Waals surface area contributed by atoms with Crippen LogP contribution in [0, 0.1) is 21.4 Å². The summed E-state index contributed by atoms with van der Waals surface area (Å²) in [6.45, 7) is 3.34. The molecule has 0 radical (unpaired) electrons. The lowest BCUT2D eigenvalue weighted by molar-refractivity contribution is -0.385. The fraction of sp³-hybridized carbons (Fsp3) is 0.278. The fourth-order valence-electron chi connectivity index (χ4n) is 3.07. The summed E-state index contributed by atoms with van der Waals surface area (Å²) in [6.07, 6.45) is 0.936. The Labute approximate surface area is 150 Å². The molecule has 128 valence electrons. The van der Waals surface area contributed by atoms with Gasteiger partial charge in [0.1, 0.15) is 11.6 Å². The lowest BCUT2D eigenvalue weighted by Crippen LogP contribution is -2.34. The van der Waals surface area contributed by atoms with Crippen LogP contribution in [0.2, 0.25) is 5.02 Å². The number of nitrogens with one attached hydrogen (secondary N) is 1. The van der Waals surface area contributed by atoms with Crippen LogP contribution < -0.4 is 5.32 Å². The van der Waals surface area contributed by atoms with E-state index in [1.54, 1.807) is 6.07 Å². The van der Waals surface area contributed by atoms with E-state index in [0.717, 1.165) is 31.1 Å². The molecule has 25 heavy (non-hydrogen) atoms. The number of nitriles is 1. The molecule has 6 nitrogen and oxygen atoms in total. The van der Waals surface area contributed by atoms with Crippen molar-refractivity contribution < 1.29 is 4.92 Å². The Bertz CT molecular complexity index is 847. The van der Waals surface area contributed by atoms with E-state index in [2.05, 4.69) is 16.3 Å². The maximum atomic E-state index is 10.9. The second-order valence-corrected chi connectivity index (χ2v) is 6.34. The molecular formula is C18H17ClN4O2. The van der Waals surface area contributed by atoms with Gasteiger partial charge < -0.3 is 5.32 Å². The first-order chi connectivity index (χ1) is 12.1. The van der Waals surface area contributed by atoms with Crippen molar-refractivity contribution in [1.29, 1.82) is 5.26 Å². The van der Waals surface area contributed by atoms with Crippen molar-refractivity contribution in [3.63, 3.8) is 0 Å². The first-order valence-corrected chi connectivity index (χ1v) is 8.37. The minimum Gasteiger partial charge on any atom is -0.384 e. The van der Waals surface area contributed by atoms with Crippen molar-refractivity contribution in [3.8, 4) is 6.07 Å². The summed E-state index contributed by atoms with van der Waals surface area (Å²) in [5.74, 6) is 0. The van der Waals surface area contributed by atoms with E-state index >= 15 is 0 Å². The first-order valence-electron chi connectivity index (χ1n) is 7.99. The molecule has 0 unspecified atom stereocenters. The zero-order valence-electron chi connectivity index (χ0n) is 13.5. The summed E-state index contributed by atoms with van der Waals surface area (Å²) in [5.41, 5.74) is 3.11. The van der Waals surface area contributed by atoms with Gasteiger partial charge in [-0.15, -0.1) is 0 Å². The average molecular weight is 357 g/mol. The highest BCUT2D eigenvalue weighted by molar-refractivity contribution is 6.31. The van der Waals surface area contributed by atoms with E-state index in [1.165, 1.54) is 23.3 Å². The van der Waals surface area contributed by atoms with E-state index < -0.39 is 4.92 Å². The molecule has 0 aromatic heterocycles. The smallest absolute Gasteiger partial charge is 0.287 e. The molecule has 0 saturated carbocycles. The number of rotatable bonds is 5. The lowest BCUT2D eigenvalue weighted by atomic mass is 10.00. The van der Waals surface area contributed by atoms with Crippen molar-refractivity contribution in [2.75, 3.05) is 25.0 Å². The van der Waals surface area contributed by atoms with Crippen molar-refractivity contribution >= 4 is 23.0 Å². The average Bonchev–Trinajstić information content (AvgIpc) is 2.61. The highest BCUT2D eigenvalue weighted by Gasteiger charge is 2.18. The zero-order chi connectivity index (χ0) is 17.8. The molecular weight excluding hydrogens is 340 g/mol. The van der Waals surface area contributed by atoms with Gasteiger partial charge in [-0.3, -0.25) is 15.0 Å². The number of anilines is 1. The van der Waals surface area contributed by atoms with E-state index in [0.29, 0.717) is 12.2 Å². The monoisotopic (exact) mass is 356 g/mol. The SMILES string of the molecule is N#Cc1cc(NCCN2CCc3c(Cl)cccc3C2)ccc1[N+](=O)[O-]. The van der Waals surface area contributed by atoms with Crippen LogP contribution in [0.15, 0.2) is 36.4 Å². The molecule has 0 fully saturated rings. The molecule has 7 heteroatoms. The Hall–Kier alpha value is -2.62. The van der Waals surface area contributed by atoms with Crippen LogP contribution in [-0.4, -0.2) is 29.5 Å². The summed E-state index contributed by atoms with van der Waals surface area (Å²) in [4.78, 5) is 12.6. The topological polar surface area (TPSA) is 82.2 Å². The highest BCUT2D eigenvalue weighted by Crippen LogP contribution is 2.26. The third-order valence-electron chi connectivity index (χ3n) is 4.36. The van der Waals surface area contributed by atoms with E-state index in [4.69, 9.17) is 16.9 Å². The molecule has 0 atom stereocenters. The van der Waals surface area contributed by atoms with Crippen molar-refractivity contribution in [1.82, 2.24) is 4.90 Å². The van der Waals surface area contributed by atoms with Crippen LogP contribution in [0.3, 0.4) is 0 Å². The van der Waals surface area contributed by atoms with Crippen LogP contribution in [0.25, 0.3) is 0 Å². The number of nitro groups is 1. The van der Waals surface area contributed by atoms with Gasteiger partial charge in [-0.1, -0.05) is 23.7 Å². The molecule has 2 aromatic rings. The molecule has 0 spiro atoms. The van der Waals surface area contributed by atoms with E-state index in [9.17, 15) is 10.1 Å². The minimum absolute atomic E-state index is 0.0662. The molecule has 0 saturated heterocycles. The Morgan fingerprint density at radius 2 is 2.20 bits per heavy atom. The van der Waals surface area contributed by atoms with Gasteiger partial charge in [0.25, 0.3) is 5.69 Å². The molecule has 0 amide bonds. The number of nitro benzene ring substituents is 1. The minimum atomic E-state index is -0.543. The Morgan fingerprint density at radius 3 is 2.96 bits per heavy atom. The van der Waals surface area contributed by atoms with Crippen LogP contribution in [0.4, 0.5) is 11.4 Å². The Kier molecular flexibility index (Phi) is 5.17. The number of hydrogen-bond donors (Lipinski definition) is 1. The Morgan fingerprint density at radius 1 is 1.36 bits per heavy atom. The number of nitrogens with zero attached hydrogens (tertiary/aromatic N) is 3. The highest BCUT2D eigenvalue weighted by atomic mass is 35.5. The number of fused-ring (bicyclic) bond motifs is 1. The fourth-order valence-corrected chi connectivity index (χ4v) is 3.35. The van der Waals surface area contributed by atoms with Crippen molar-refractivity contribution in [2.45, 2.75) is 13.0 Å². The van der Waals surface area contributed by atoms with Crippen LogP contribution in [0.5, 0.6) is 0 Å². The van der Waals surface area contributed by atoms with Crippen LogP contribution in [-0.2, 0) is 13.0 Å². The summed E-state index contributed by atoms with van der Waals surface area (Å²) < 4.78 is 0. The van der Waals surface area contributed by atoms with Gasteiger partial charge >= 0.3 is 0 Å². The predicted octanol–water partition coefficient (Wildman–Crippen LogP) is 3.59. The summed E-state index contributed by atoms with van der Waals surface area (Å²) >= 11 is 6.23. The third-order valence-corrected chi connectivity index (χ3v) is 4.71. The van der Waals surface area contributed by atoms with E-state index in [-0.39, 0.29) is 11.3 Å². The molecule has 3 rings (SSSR count). The predicted molar refractivity (Wildman–Crippen MR) is 96.7 cm³/mol. The number of halogens is 1. The van der Waals surface area contributed by atoms with Gasteiger partial charge in [0.05, 0.1) is 4.92 Å². The maximum Gasteiger partial charge on any atom is 0.287 e. The molecule has 1 heterocycles. The molecule has 2 aromatic carbocycles. The van der Waals surface area contributed by atoms with Gasteiger partial charge in [0.2, 0.25) is 0 Å². The molecule has 1 N–H and O–H groups in total. The van der Waals surface area contributed by atoms with Gasteiger partial charge in [-0.25, -0.2) is 0 Å². The van der Waals surface area contributed by atoms with Crippen molar-refractivity contribution in [2.24, 2.45) is 0 Å². The summed E-state index contributed by atoms with van der Waals surface area (Å²) in [6, 6.07) is 12.4. The van der Waals surface area contributed by atoms with Crippen LogP contribution in [0.1, 0.15) is 16.7 Å². The normalized spacial score (nSPS) is 13.8. The zero-order valence-corrected chi connectivity index (χ0v) is 14.3. The standard InChI is InChI=1S/C18H17ClN4O2/c19-17-3-1-2-13-12-22(8-6-16(13)17)9-7-21-15-4-5-18(23(24)25)14(10-15)11-20/h1-5,10,21H,6-9,12H2. The lowest BCUT2D eigenvalue weighted by Gasteiger charge is -2.29. The molecule has 1 aliphatic rings. The summed E-state index contributed by atoms with van der Waals surface area (Å²) in [5, 5.41) is 24.0. The maximum absolute atomic E-state index is 10.9. The first kappa shape index (κ1) is 17.2. The van der Waals surface area contributed by atoms with E-state index in [1.807, 2.05) is 18.2 Å². The molecule has 1 aliphatic heterocycles. The number of benzene rings is 2. The largest absolute Gasteiger partial charge is 0.384 e. The molecule has 0 bridgehead atoms. The van der Waals surface area contributed by atoms with Gasteiger partial charge in [-0.05, 0) is 35.7 Å². The second kappa shape index (κ2) is 7.51.